The van der Waals surface area contributed by atoms with Gasteiger partial charge in [-0.3, -0.25) is 4.79 Å². The highest BCUT2D eigenvalue weighted by Gasteiger charge is 2.34. The van der Waals surface area contributed by atoms with Gasteiger partial charge in [-0.1, -0.05) is 19.8 Å². The molecule has 24 heavy (non-hydrogen) atoms. The van der Waals surface area contributed by atoms with Crippen molar-refractivity contribution in [2.45, 2.75) is 50.3 Å². The van der Waals surface area contributed by atoms with E-state index in [-0.39, 0.29) is 11.8 Å². The Kier molecular flexibility index (Phi) is 4.97. The SMILES string of the molecule is CCCCN(C)S(=O)(=O)c1ccc2c(c1)CCN2C(=O)C1CCC1. The molecule has 1 aromatic rings. The van der Waals surface area contributed by atoms with Crippen LogP contribution in [0.1, 0.15) is 44.6 Å². The van der Waals surface area contributed by atoms with Gasteiger partial charge in [-0.15, -0.1) is 0 Å². The van der Waals surface area contributed by atoms with Gasteiger partial charge in [0.1, 0.15) is 0 Å². The number of carbonyl (C=O) groups excluding carboxylic acids is 1. The predicted molar refractivity (Wildman–Crippen MR) is 94.6 cm³/mol. The molecule has 0 N–H and O–H groups in total. The van der Waals surface area contributed by atoms with Crippen LogP contribution < -0.4 is 4.90 Å². The van der Waals surface area contributed by atoms with E-state index in [9.17, 15) is 13.2 Å². The molecule has 5 nitrogen and oxygen atoms in total. The maximum absolute atomic E-state index is 12.7. The summed E-state index contributed by atoms with van der Waals surface area (Å²) in [6, 6.07) is 5.20. The highest BCUT2D eigenvalue weighted by atomic mass is 32.2. The van der Waals surface area contributed by atoms with Crippen LogP contribution in [0, 0.1) is 5.92 Å². The normalized spacial score (nSPS) is 17.9. The first-order chi connectivity index (χ1) is 11.4. The first kappa shape index (κ1) is 17.4. The van der Waals surface area contributed by atoms with Crippen LogP contribution in [0.25, 0.3) is 0 Å². The van der Waals surface area contributed by atoms with Crippen molar-refractivity contribution in [1.29, 1.82) is 0 Å². The van der Waals surface area contributed by atoms with Crippen molar-refractivity contribution in [2.24, 2.45) is 5.92 Å². The van der Waals surface area contributed by atoms with Gasteiger partial charge in [0, 0.05) is 31.7 Å². The van der Waals surface area contributed by atoms with Crippen LogP contribution in [-0.4, -0.2) is 38.8 Å². The zero-order valence-electron chi connectivity index (χ0n) is 14.5. The van der Waals surface area contributed by atoms with Crippen LogP contribution >= 0.6 is 0 Å². The molecule has 0 unspecified atom stereocenters. The van der Waals surface area contributed by atoms with E-state index < -0.39 is 10.0 Å². The van der Waals surface area contributed by atoms with Gasteiger partial charge in [-0.25, -0.2) is 12.7 Å². The van der Waals surface area contributed by atoms with Gasteiger partial charge >= 0.3 is 0 Å². The zero-order valence-corrected chi connectivity index (χ0v) is 15.3. The third kappa shape index (κ3) is 3.09. The summed E-state index contributed by atoms with van der Waals surface area (Å²) < 4.78 is 26.7. The predicted octanol–water partition coefficient (Wildman–Crippen LogP) is 2.80. The van der Waals surface area contributed by atoms with Crippen molar-refractivity contribution >= 4 is 21.6 Å². The molecule has 1 aliphatic carbocycles. The highest BCUT2D eigenvalue weighted by molar-refractivity contribution is 7.89. The van der Waals surface area contributed by atoms with E-state index in [0.29, 0.717) is 18.0 Å². The van der Waals surface area contributed by atoms with Gasteiger partial charge in [-0.05, 0) is 49.4 Å². The van der Waals surface area contributed by atoms with Crippen LogP contribution in [0.2, 0.25) is 0 Å². The fraction of sp³-hybridized carbons (Fsp3) is 0.611. The first-order valence-electron chi connectivity index (χ1n) is 8.85. The van der Waals surface area contributed by atoms with Crippen LogP contribution in [-0.2, 0) is 21.2 Å². The van der Waals surface area contributed by atoms with E-state index in [1.54, 1.807) is 25.2 Å². The third-order valence-corrected chi connectivity index (χ3v) is 7.05. The van der Waals surface area contributed by atoms with Gasteiger partial charge < -0.3 is 4.90 Å². The Balaban J connectivity index is 1.81. The van der Waals surface area contributed by atoms with E-state index in [4.69, 9.17) is 0 Å². The number of hydrogen-bond donors (Lipinski definition) is 0. The van der Waals surface area contributed by atoms with Gasteiger partial charge in [0.25, 0.3) is 0 Å². The topological polar surface area (TPSA) is 57.7 Å². The smallest absolute Gasteiger partial charge is 0.242 e. The van der Waals surface area contributed by atoms with Crippen molar-refractivity contribution in [3.05, 3.63) is 23.8 Å². The monoisotopic (exact) mass is 350 g/mol. The average Bonchev–Trinajstić information content (AvgIpc) is 2.93. The summed E-state index contributed by atoms with van der Waals surface area (Å²) in [5.41, 5.74) is 1.86. The number of rotatable bonds is 6. The highest BCUT2D eigenvalue weighted by Crippen LogP contribution is 2.35. The number of unbranched alkanes of at least 4 members (excludes halogenated alkanes) is 1. The summed E-state index contributed by atoms with van der Waals surface area (Å²) >= 11 is 0. The van der Waals surface area contributed by atoms with Crippen molar-refractivity contribution in [2.75, 3.05) is 25.0 Å². The molecule has 1 fully saturated rings. The van der Waals surface area contributed by atoms with Crippen LogP contribution in [0.4, 0.5) is 5.69 Å². The van der Waals surface area contributed by atoms with Crippen LogP contribution in [0.3, 0.4) is 0 Å². The second-order valence-corrected chi connectivity index (χ2v) is 8.88. The molecule has 2 aliphatic rings. The average molecular weight is 350 g/mol. The number of benzene rings is 1. The number of amides is 1. The Hall–Kier alpha value is -1.40. The fourth-order valence-corrected chi connectivity index (χ4v) is 4.58. The summed E-state index contributed by atoms with van der Waals surface area (Å²) in [5.74, 6) is 0.371. The summed E-state index contributed by atoms with van der Waals surface area (Å²) in [7, 11) is -1.82. The molecule has 0 atom stereocenters. The van der Waals surface area contributed by atoms with Crippen LogP contribution in [0.5, 0.6) is 0 Å². The molecule has 3 rings (SSSR count). The van der Waals surface area contributed by atoms with Gasteiger partial charge in [-0.2, -0.15) is 0 Å². The molecule has 0 spiro atoms. The number of hydrogen-bond acceptors (Lipinski definition) is 3. The molecule has 1 aromatic carbocycles. The Bertz CT molecular complexity index is 726. The molecule has 1 amide bonds. The maximum Gasteiger partial charge on any atom is 0.242 e. The van der Waals surface area contributed by atoms with Gasteiger partial charge in [0.15, 0.2) is 0 Å². The standard InChI is InChI=1S/C18H26N2O3S/c1-3-4-11-19(2)24(22,23)16-8-9-17-15(13-16)10-12-20(17)18(21)14-6-5-7-14/h8-9,13-14H,3-7,10-12H2,1-2H3. The van der Waals surface area contributed by atoms with Crippen molar-refractivity contribution < 1.29 is 13.2 Å². The number of carbonyl (C=O) groups is 1. The molecule has 1 aliphatic heterocycles. The second-order valence-electron chi connectivity index (χ2n) is 6.84. The second kappa shape index (κ2) is 6.84. The van der Waals surface area contributed by atoms with Gasteiger partial charge in [0.05, 0.1) is 4.90 Å². The number of fused-ring (bicyclic) bond motifs is 1. The third-order valence-electron chi connectivity index (χ3n) is 5.20. The van der Waals surface area contributed by atoms with Crippen LogP contribution in [0.15, 0.2) is 23.1 Å². The van der Waals surface area contributed by atoms with E-state index >= 15 is 0 Å². The lowest BCUT2D eigenvalue weighted by Crippen LogP contribution is -2.37. The maximum atomic E-state index is 12.7. The van der Waals surface area contributed by atoms with E-state index in [1.165, 1.54) is 4.31 Å². The molecule has 0 radical (unpaired) electrons. The lowest BCUT2D eigenvalue weighted by Gasteiger charge is -2.29. The molecule has 6 heteroatoms. The Labute approximate surface area is 144 Å². The fourth-order valence-electron chi connectivity index (χ4n) is 3.32. The minimum Gasteiger partial charge on any atom is -0.312 e. The van der Waals surface area contributed by atoms with E-state index in [2.05, 4.69) is 0 Å². The van der Waals surface area contributed by atoms with Crippen molar-refractivity contribution in [3.63, 3.8) is 0 Å². The van der Waals surface area contributed by atoms with Gasteiger partial charge in [0.2, 0.25) is 15.9 Å². The Morgan fingerprint density at radius 1 is 1.33 bits per heavy atom. The summed E-state index contributed by atoms with van der Waals surface area (Å²) in [4.78, 5) is 14.7. The molecule has 132 valence electrons. The zero-order chi connectivity index (χ0) is 17.3. The van der Waals surface area contributed by atoms with Crippen molar-refractivity contribution in [1.82, 2.24) is 4.31 Å². The molecule has 0 bridgehead atoms. The minimum absolute atomic E-state index is 0.166. The summed E-state index contributed by atoms with van der Waals surface area (Å²) in [6.07, 6.45) is 5.65. The summed E-state index contributed by atoms with van der Waals surface area (Å²) in [5, 5.41) is 0. The molecule has 0 saturated heterocycles. The molecular weight excluding hydrogens is 324 g/mol. The summed E-state index contributed by atoms with van der Waals surface area (Å²) in [6.45, 7) is 3.24. The number of sulfonamides is 1. The first-order valence-corrected chi connectivity index (χ1v) is 10.3. The largest absolute Gasteiger partial charge is 0.312 e. The van der Waals surface area contributed by atoms with E-state index in [0.717, 1.165) is 49.8 Å². The number of anilines is 1. The lowest BCUT2D eigenvalue weighted by molar-refractivity contribution is -0.124. The Morgan fingerprint density at radius 3 is 2.71 bits per heavy atom. The Morgan fingerprint density at radius 2 is 2.08 bits per heavy atom. The van der Waals surface area contributed by atoms with Crippen molar-refractivity contribution in [3.8, 4) is 0 Å². The quantitative estimate of drug-likeness (QED) is 0.793. The minimum atomic E-state index is -3.45. The number of nitrogens with zero attached hydrogens (tertiary/aromatic N) is 2. The molecule has 0 aromatic heterocycles. The molecule has 1 saturated carbocycles. The molecular formula is C18H26N2O3S. The van der Waals surface area contributed by atoms with E-state index in [1.807, 2.05) is 11.8 Å². The molecule has 1 heterocycles. The lowest BCUT2D eigenvalue weighted by atomic mass is 9.84.